The predicted octanol–water partition coefficient (Wildman–Crippen LogP) is 1.36. The third-order valence-corrected chi connectivity index (χ3v) is 3.50. The lowest BCUT2D eigenvalue weighted by atomic mass is 10.1. The van der Waals surface area contributed by atoms with Gasteiger partial charge in [0.2, 0.25) is 0 Å². The van der Waals surface area contributed by atoms with Gasteiger partial charge in [-0.3, -0.25) is 0 Å². The topological polar surface area (TPSA) is 0 Å². The minimum absolute atomic E-state index is 0. The molecule has 0 aromatic carbocycles. The van der Waals surface area contributed by atoms with E-state index in [1.54, 1.807) is 11.8 Å². The van der Waals surface area contributed by atoms with Crippen LogP contribution in [0.15, 0.2) is 0 Å². The Kier molecular flexibility index (Phi) is 20.9. The molecule has 0 rings (SSSR count). The van der Waals surface area contributed by atoms with Gasteiger partial charge in [0, 0.05) is 0 Å². The van der Waals surface area contributed by atoms with E-state index in [1.807, 2.05) is 0 Å². The largest absolute Gasteiger partial charge is 1.00 e. The zero-order chi connectivity index (χ0) is 10.5. The highest BCUT2D eigenvalue weighted by Crippen LogP contribution is 2.10. The Morgan fingerprint density at radius 3 is 1.47 bits per heavy atom. The molecule has 0 aromatic rings. The van der Waals surface area contributed by atoms with E-state index in [4.69, 9.17) is 0 Å². The highest BCUT2D eigenvalue weighted by molar-refractivity contribution is 7.77. The molecular formula is C13H29BrS. The molecule has 0 saturated carbocycles. The summed E-state index contributed by atoms with van der Waals surface area (Å²) >= 11 is 1.57. The lowest BCUT2D eigenvalue weighted by Crippen LogP contribution is -3.00. The second-order valence-corrected chi connectivity index (χ2v) is 5.30. The number of hydrogen-bond acceptors (Lipinski definition) is 0. The molecule has 0 saturated heterocycles. The summed E-state index contributed by atoms with van der Waals surface area (Å²) < 4.78 is 0. The maximum absolute atomic E-state index is 2.28. The van der Waals surface area contributed by atoms with Gasteiger partial charge in [-0.25, -0.2) is 0 Å². The quantitative estimate of drug-likeness (QED) is 0.307. The van der Waals surface area contributed by atoms with E-state index in [1.165, 1.54) is 70.0 Å². The van der Waals surface area contributed by atoms with Crippen molar-refractivity contribution in [1.29, 1.82) is 0 Å². The normalized spacial score (nSPS) is 10.0. The average molecular weight is 297 g/mol. The van der Waals surface area contributed by atoms with E-state index in [-0.39, 0.29) is 17.0 Å². The lowest BCUT2D eigenvalue weighted by Gasteiger charge is -2.00. The molecule has 15 heavy (non-hydrogen) atoms. The molecule has 0 bridgehead atoms. The van der Waals surface area contributed by atoms with Crippen LogP contribution in [0.3, 0.4) is 0 Å². The van der Waals surface area contributed by atoms with Crippen molar-refractivity contribution in [3.05, 3.63) is 0 Å². The van der Waals surface area contributed by atoms with Crippen molar-refractivity contribution < 1.29 is 17.0 Å². The number of thiol groups is 1. The van der Waals surface area contributed by atoms with Gasteiger partial charge in [0.05, 0.1) is 6.26 Å². The van der Waals surface area contributed by atoms with E-state index in [0.29, 0.717) is 0 Å². The summed E-state index contributed by atoms with van der Waals surface area (Å²) in [6.45, 7) is 2.28. The fourth-order valence-electron chi connectivity index (χ4n) is 1.76. The number of halogens is 1. The number of hydrogen-bond donors (Lipinski definition) is 0. The Balaban J connectivity index is 0. The van der Waals surface area contributed by atoms with Gasteiger partial charge in [-0.1, -0.05) is 58.3 Å². The van der Waals surface area contributed by atoms with Crippen LogP contribution < -0.4 is 17.0 Å². The smallest absolute Gasteiger partial charge is 0.105 e. The molecule has 0 fully saturated rings. The Hall–Kier alpha value is 0.830. The summed E-state index contributed by atoms with van der Waals surface area (Å²) in [4.78, 5) is 0. The molecule has 0 aliphatic rings. The lowest BCUT2D eigenvalue weighted by molar-refractivity contribution is -0.00000316. The van der Waals surface area contributed by atoms with E-state index < -0.39 is 0 Å². The van der Waals surface area contributed by atoms with Crippen molar-refractivity contribution in [1.82, 2.24) is 0 Å². The molecule has 2 heteroatoms. The minimum Gasteiger partial charge on any atom is -1.00 e. The maximum atomic E-state index is 2.28. The van der Waals surface area contributed by atoms with Gasteiger partial charge in [0.25, 0.3) is 0 Å². The summed E-state index contributed by atoms with van der Waals surface area (Å²) in [5.74, 6) is 1.41. The molecule has 0 spiro atoms. The zero-order valence-electron chi connectivity index (χ0n) is 10.6. The summed E-state index contributed by atoms with van der Waals surface area (Å²) in [5, 5.41) is 0. The molecule has 0 unspecified atom stereocenters. The van der Waals surface area contributed by atoms with Gasteiger partial charge in [-0.2, -0.15) is 0 Å². The first-order chi connectivity index (χ1) is 6.91. The van der Waals surface area contributed by atoms with Crippen molar-refractivity contribution in [2.75, 3.05) is 12.0 Å². The van der Waals surface area contributed by atoms with Crippen LogP contribution in [0, 0.1) is 0 Å². The van der Waals surface area contributed by atoms with Crippen LogP contribution in [0.25, 0.3) is 0 Å². The van der Waals surface area contributed by atoms with Crippen molar-refractivity contribution in [2.24, 2.45) is 0 Å². The van der Waals surface area contributed by atoms with E-state index in [9.17, 15) is 0 Å². The van der Waals surface area contributed by atoms with E-state index >= 15 is 0 Å². The van der Waals surface area contributed by atoms with Crippen LogP contribution in [0.2, 0.25) is 0 Å². The Morgan fingerprint density at radius 2 is 1.07 bits per heavy atom. The van der Waals surface area contributed by atoms with Gasteiger partial charge in [-0.05, 0) is 24.6 Å². The Bertz CT molecular complexity index is 84.5. The SMILES string of the molecule is CCCCCCCCCCCC[SH+]C.[Br-]. The highest BCUT2D eigenvalue weighted by Gasteiger charge is 1.93. The van der Waals surface area contributed by atoms with Crippen molar-refractivity contribution >= 4 is 11.8 Å². The van der Waals surface area contributed by atoms with Gasteiger partial charge in [0.1, 0.15) is 5.75 Å². The van der Waals surface area contributed by atoms with Crippen LogP contribution in [-0.2, 0) is 11.8 Å². The third-order valence-electron chi connectivity index (χ3n) is 2.74. The molecule has 0 amide bonds. The Labute approximate surface area is 112 Å². The second kappa shape index (κ2) is 17.2. The maximum Gasteiger partial charge on any atom is 0.105 e. The first kappa shape index (κ1) is 18.2. The van der Waals surface area contributed by atoms with E-state index in [0.717, 1.165) is 0 Å². The fraction of sp³-hybridized carbons (Fsp3) is 1.00. The highest BCUT2D eigenvalue weighted by atomic mass is 79.9. The minimum atomic E-state index is 0. The van der Waals surface area contributed by atoms with Gasteiger partial charge < -0.3 is 17.0 Å². The molecule has 0 aliphatic carbocycles. The van der Waals surface area contributed by atoms with Gasteiger partial charge in [0.15, 0.2) is 0 Å². The van der Waals surface area contributed by atoms with Crippen LogP contribution >= 0.6 is 0 Å². The standard InChI is InChI=1S/C13H28S.BrH/c1-3-4-5-6-7-8-9-10-11-12-13-14-2;/h3-13H2,1-2H3;1H. The third kappa shape index (κ3) is 17.4. The molecule has 0 nitrogen and oxygen atoms in total. The Morgan fingerprint density at radius 1 is 0.667 bits per heavy atom. The summed E-state index contributed by atoms with van der Waals surface area (Å²) in [7, 11) is 0. The first-order valence-corrected chi connectivity index (χ1v) is 8.00. The number of unbranched alkanes of at least 4 members (excludes halogenated alkanes) is 9. The van der Waals surface area contributed by atoms with Crippen LogP contribution in [0.4, 0.5) is 0 Å². The average Bonchev–Trinajstić information content (AvgIpc) is 2.21. The molecule has 0 radical (unpaired) electrons. The predicted molar refractivity (Wildman–Crippen MR) is 71.4 cm³/mol. The molecule has 0 aromatic heterocycles. The zero-order valence-corrected chi connectivity index (χ0v) is 13.1. The molecule has 0 N–H and O–H groups in total. The van der Waals surface area contributed by atoms with Crippen LogP contribution in [-0.4, -0.2) is 12.0 Å². The van der Waals surface area contributed by atoms with Gasteiger partial charge >= 0.3 is 0 Å². The van der Waals surface area contributed by atoms with Crippen molar-refractivity contribution in [3.8, 4) is 0 Å². The summed E-state index contributed by atoms with van der Waals surface area (Å²) in [6.07, 6.45) is 16.8. The molecule has 94 valence electrons. The van der Waals surface area contributed by atoms with Crippen molar-refractivity contribution in [3.63, 3.8) is 0 Å². The van der Waals surface area contributed by atoms with Crippen molar-refractivity contribution in [2.45, 2.75) is 71.1 Å². The number of rotatable bonds is 11. The first-order valence-electron chi connectivity index (χ1n) is 6.47. The monoisotopic (exact) mass is 296 g/mol. The van der Waals surface area contributed by atoms with Crippen LogP contribution in [0.5, 0.6) is 0 Å². The summed E-state index contributed by atoms with van der Waals surface area (Å²) in [6, 6.07) is 0. The van der Waals surface area contributed by atoms with Gasteiger partial charge in [-0.15, -0.1) is 0 Å². The molecule has 0 aliphatic heterocycles. The van der Waals surface area contributed by atoms with Crippen LogP contribution in [0.1, 0.15) is 71.1 Å². The van der Waals surface area contributed by atoms with E-state index in [2.05, 4.69) is 13.2 Å². The fourth-order valence-corrected chi connectivity index (χ4v) is 2.30. The molecule has 0 atom stereocenters. The second-order valence-electron chi connectivity index (χ2n) is 4.22. The molecule has 0 heterocycles. The summed E-state index contributed by atoms with van der Waals surface area (Å²) in [5.41, 5.74) is 0. The molecular weight excluding hydrogens is 268 g/mol.